The van der Waals surface area contributed by atoms with E-state index < -0.39 is 16.1 Å². The number of nitrogens with one attached hydrogen (secondary N) is 1. The van der Waals surface area contributed by atoms with Crippen molar-refractivity contribution in [3.05, 3.63) is 27.2 Å². The van der Waals surface area contributed by atoms with Gasteiger partial charge in [0.1, 0.15) is 4.90 Å². The minimum absolute atomic E-state index is 0.00940. The Hall–Kier alpha value is -0.330. The van der Waals surface area contributed by atoms with Crippen LogP contribution in [0.2, 0.25) is 10.0 Å². The van der Waals surface area contributed by atoms with Crippen LogP contribution in [-0.2, 0) is 10.0 Å². The van der Waals surface area contributed by atoms with E-state index in [1.165, 1.54) is 0 Å². The van der Waals surface area contributed by atoms with Crippen molar-refractivity contribution in [1.29, 1.82) is 0 Å². The van der Waals surface area contributed by atoms with Gasteiger partial charge in [0.25, 0.3) is 0 Å². The maximum atomic E-state index is 12.3. The molecule has 0 aromatic heterocycles. The zero-order valence-corrected chi connectivity index (χ0v) is 14.0. The van der Waals surface area contributed by atoms with Gasteiger partial charge in [-0.05, 0) is 43.9 Å². The fourth-order valence-corrected chi connectivity index (χ4v) is 4.03. The van der Waals surface area contributed by atoms with Gasteiger partial charge in [0.05, 0.1) is 11.1 Å². The standard InChI is InChI=1S/C13H19Cl2NO3S/c1-4-10(17)5-6-16-20(18,19)13-9(3)11(14)7-8(2)12(13)15/h7,10,16-17H,4-6H2,1-3H3. The normalized spacial score (nSPS) is 13.5. The Morgan fingerprint density at radius 3 is 2.50 bits per heavy atom. The molecule has 0 aliphatic rings. The van der Waals surface area contributed by atoms with Crippen molar-refractivity contribution in [3.63, 3.8) is 0 Å². The average molecular weight is 340 g/mol. The summed E-state index contributed by atoms with van der Waals surface area (Å²) in [6, 6.07) is 1.64. The number of hydrogen-bond donors (Lipinski definition) is 2. The second kappa shape index (κ2) is 7.09. The molecule has 114 valence electrons. The molecule has 1 atom stereocenters. The highest BCUT2D eigenvalue weighted by molar-refractivity contribution is 7.89. The summed E-state index contributed by atoms with van der Waals surface area (Å²) in [6.07, 6.45) is 0.416. The molecule has 20 heavy (non-hydrogen) atoms. The first-order chi connectivity index (χ1) is 9.20. The highest BCUT2D eigenvalue weighted by Gasteiger charge is 2.23. The predicted molar refractivity (Wildman–Crippen MR) is 82.0 cm³/mol. The lowest BCUT2D eigenvalue weighted by atomic mass is 10.2. The van der Waals surface area contributed by atoms with Crippen molar-refractivity contribution in [3.8, 4) is 0 Å². The molecule has 0 fully saturated rings. The fourth-order valence-electron chi connectivity index (χ4n) is 1.77. The molecular formula is C13H19Cl2NO3S. The van der Waals surface area contributed by atoms with Crippen LogP contribution in [0.1, 0.15) is 30.9 Å². The number of benzene rings is 1. The molecule has 0 spiro atoms. The zero-order chi connectivity index (χ0) is 15.5. The number of halogens is 2. The molecular weight excluding hydrogens is 321 g/mol. The zero-order valence-electron chi connectivity index (χ0n) is 11.7. The summed E-state index contributed by atoms with van der Waals surface area (Å²) in [5.41, 5.74) is 1.03. The Kier molecular flexibility index (Phi) is 6.28. The summed E-state index contributed by atoms with van der Waals surface area (Å²) in [4.78, 5) is 0.00940. The molecule has 1 unspecified atom stereocenters. The maximum absolute atomic E-state index is 12.3. The molecule has 1 rings (SSSR count). The molecule has 0 radical (unpaired) electrons. The molecule has 7 heteroatoms. The minimum Gasteiger partial charge on any atom is -0.393 e. The molecule has 0 bridgehead atoms. The molecule has 4 nitrogen and oxygen atoms in total. The van der Waals surface area contributed by atoms with E-state index in [0.717, 1.165) is 0 Å². The van der Waals surface area contributed by atoms with Gasteiger partial charge in [0.15, 0.2) is 0 Å². The lowest BCUT2D eigenvalue weighted by Crippen LogP contribution is -2.28. The third kappa shape index (κ3) is 4.09. The van der Waals surface area contributed by atoms with Gasteiger partial charge in [-0.15, -0.1) is 0 Å². The highest BCUT2D eigenvalue weighted by Crippen LogP contribution is 2.33. The van der Waals surface area contributed by atoms with Gasteiger partial charge < -0.3 is 5.11 Å². The van der Waals surface area contributed by atoms with Crippen molar-refractivity contribution >= 4 is 33.2 Å². The molecule has 0 aliphatic heterocycles. The van der Waals surface area contributed by atoms with Crippen LogP contribution in [0, 0.1) is 13.8 Å². The summed E-state index contributed by atoms with van der Waals surface area (Å²) in [5, 5.41) is 9.98. The molecule has 2 N–H and O–H groups in total. The van der Waals surface area contributed by atoms with Gasteiger partial charge in [-0.2, -0.15) is 0 Å². The van der Waals surface area contributed by atoms with Gasteiger partial charge in [0, 0.05) is 11.6 Å². The van der Waals surface area contributed by atoms with E-state index in [-0.39, 0.29) is 16.5 Å². The van der Waals surface area contributed by atoms with Crippen molar-refractivity contribution < 1.29 is 13.5 Å². The van der Waals surface area contributed by atoms with Crippen LogP contribution in [0.5, 0.6) is 0 Å². The van der Waals surface area contributed by atoms with E-state index >= 15 is 0 Å². The summed E-state index contributed by atoms with van der Waals surface area (Å²) in [5.74, 6) is 0. The topological polar surface area (TPSA) is 66.4 Å². The number of aliphatic hydroxyl groups is 1. The Bertz CT molecular complexity index is 562. The van der Waals surface area contributed by atoms with Crippen molar-refractivity contribution in [1.82, 2.24) is 4.72 Å². The van der Waals surface area contributed by atoms with E-state index in [2.05, 4.69) is 4.72 Å². The second-order valence-electron chi connectivity index (χ2n) is 4.69. The maximum Gasteiger partial charge on any atom is 0.242 e. The predicted octanol–water partition coefficient (Wildman–Crippen LogP) is 3.05. The van der Waals surface area contributed by atoms with Crippen LogP contribution in [0.4, 0.5) is 0 Å². The fraction of sp³-hybridized carbons (Fsp3) is 0.538. The van der Waals surface area contributed by atoms with Crippen LogP contribution in [0.15, 0.2) is 11.0 Å². The van der Waals surface area contributed by atoms with Gasteiger partial charge >= 0.3 is 0 Å². The van der Waals surface area contributed by atoms with Crippen LogP contribution >= 0.6 is 23.2 Å². The smallest absolute Gasteiger partial charge is 0.242 e. The Balaban J connectivity index is 3.04. The number of hydrogen-bond acceptors (Lipinski definition) is 3. The molecule has 0 amide bonds. The number of rotatable bonds is 6. The molecule has 0 aliphatic carbocycles. The van der Waals surface area contributed by atoms with Gasteiger partial charge in [-0.1, -0.05) is 30.1 Å². The van der Waals surface area contributed by atoms with Crippen molar-refractivity contribution in [2.45, 2.75) is 44.6 Å². The second-order valence-corrected chi connectivity index (χ2v) is 7.18. The Labute approximate surface area is 130 Å². The van der Waals surface area contributed by atoms with Gasteiger partial charge in [0.2, 0.25) is 10.0 Å². The van der Waals surface area contributed by atoms with E-state index in [0.29, 0.717) is 29.0 Å². The lowest BCUT2D eigenvalue weighted by Gasteiger charge is -2.15. The SMILES string of the molecule is CCC(O)CCNS(=O)(=O)c1c(C)c(Cl)cc(C)c1Cl. The summed E-state index contributed by atoms with van der Waals surface area (Å²) >= 11 is 12.1. The van der Waals surface area contributed by atoms with Crippen LogP contribution in [0.3, 0.4) is 0 Å². The minimum atomic E-state index is -3.75. The third-order valence-electron chi connectivity index (χ3n) is 3.10. The molecule has 1 aromatic carbocycles. The third-order valence-corrected chi connectivity index (χ3v) is 5.72. The monoisotopic (exact) mass is 339 g/mol. The first kappa shape index (κ1) is 17.7. The Morgan fingerprint density at radius 2 is 1.95 bits per heavy atom. The van der Waals surface area contributed by atoms with Gasteiger partial charge in [-0.3, -0.25) is 0 Å². The van der Waals surface area contributed by atoms with Crippen LogP contribution in [-0.4, -0.2) is 26.2 Å². The number of sulfonamides is 1. The van der Waals surface area contributed by atoms with E-state index in [9.17, 15) is 13.5 Å². The van der Waals surface area contributed by atoms with Crippen molar-refractivity contribution in [2.24, 2.45) is 0 Å². The molecule has 0 saturated carbocycles. The van der Waals surface area contributed by atoms with Crippen LogP contribution in [0.25, 0.3) is 0 Å². The van der Waals surface area contributed by atoms with Crippen LogP contribution < -0.4 is 4.72 Å². The van der Waals surface area contributed by atoms with E-state index in [1.807, 2.05) is 6.92 Å². The molecule has 0 heterocycles. The van der Waals surface area contributed by atoms with Gasteiger partial charge in [-0.25, -0.2) is 13.1 Å². The number of aryl methyl sites for hydroxylation is 1. The summed E-state index contributed by atoms with van der Waals surface area (Å²) in [6.45, 7) is 5.30. The average Bonchev–Trinajstić information content (AvgIpc) is 2.36. The lowest BCUT2D eigenvalue weighted by molar-refractivity contribution is 0.162. The number of aliphatic hydroxyl groups excluding tert-OH is 1. The quantitative estimate of drug-likeness (QED) is 0.836. The summed E-state index contributed by atoms with van der Waals surface area (Å²) < 4.78 is 27.1. The first-order valence-electron chi connectivity index (χ1n) is 6.33. The highest BCUT2D eigenvalue weighted by atomic mass is 35.5. The molecule has 1 aromatic rings. The molecule has 0 saturated heterocycles. The van der Waals surface area contributed by atoms with Crippen molar-refractivity contribution in [2.75, 3.05) is 6.54 Å². The largest absolute Gasteiger partial charge is 0.393 e. The summed E-state index contributed by atoms with van der Waals surface area (Å²) in [7, 11) is -3.75. The Morgan fingerprint density at radius 1 is 1.35 bits per heavy atom. The van der Waals surface area contributed by atoms with E-state index in [4.69, 9.17) is 23.2 Å². The first-order valence-corrected chi connectivity index (χ1v) is 8.57. The van der Waals surface area contributed by atoms with E-state index in [1.54, 1.807) is 19.9 Å².